The maximum Gasteiger partial charge on any atom is 0.226 e. The maximum atomic E-state index is 12.0. The number of hydrogen-bond donors (Lipinski definition) is 2. The van der Waals surface area contributed by atoms with E-state index in [1.807, 2.05) is 28.9 Å². The molecule has 5 rings (SSSR count). The van der Waals surface area contributed by atoms with Crippen molar-refractivity contribution in [2.75, 3.05) is 12.8 Å². The molecule has 1 amide bonds. The zero-order chi connectivity index (χ0) is 22.2. The molecule has 4 aromatic rings. The van der Waals surface area contributed by atoms with Crippen LogP contribution in [0, 0.1) is 6.92 Å². The van der Waals surface area contributed by atoms with Gasteiger partial charge in [0.25, 0.3) is 0 Å². The van der Waals surface area contributed by atoms with Gasteiger partial charge in [0.05, 0.1) is 34.1 Å². The minimum atomic E-state index is -0.0322. The summed E-state index contributed by atoms with van der Waals surface area (Å²) in [4.78, 5) is 22.2. The van der Waals surface area contributed by atoms with E-state index in [1.165, 1.54) is 5.56 Å². The van der Waals surface area contributed by atoms with Gasteiger partial charge >= 0.3 is 0 Å². The first kappa shape index (κ1) is 20.4. The minimum Gasteiger partial charge on any atom is -0.384 e. The molecule has 0 saturated heterocycles. The Hall–Kier alpha value is -3.52. The van der Waals surface area contributed by atoms with Crippen molar-refractivity contribution in [3.8, 4) is 27.5 Å². The summed E-state index contributed by atoms with van der Waals surface area (Å²) in [6, 6.07) is 12.0. The zero-order valence-electron chi connectivity index (χ0n) is 18.1. The molecule has 1 aliphatic carbocycles. The van der Waals surface area contributed by atoms with Gasteiger partial charge in [0.15, 0.2) is 0 Å². The van der Waals surface area contributed by atoms with E-state index in [0.717, 1.165) is 63.0 Å². The number of anilines is 1. The van der Waals surface area contributed by atoms with E-state index in [1.54, 1.807) is 24.6 Å². The lowest BCUT2D eigenvalue weighted by molar-refractivity contribution is -0.119. The standard InChI is InChI=1S/C24H24N6OS/c1-14-6-3-4-9-18(14)30-23-16(22(29-30)15-10-11-19(25)27-13-15)7-5-8-17-24(23)32-21(28-17)12-20(31)26-2/h3-4,6,9-11,13H,5,7-8,12H2,1-2H3,(H2,25,27)(H,26,31). The molecule has 0 spiro atoms. The molecule has 0 bridgehead atoms. The number of hydrogen-bond acceptors (Lipinski definition) is 6. The normalized spacial score (nSPS) is 12.7. The first-order valence-electron chi connectivity index (χ1n) is 10.6. The monoisotopic (exact) mass is 444 g/mol. The van der Waals surface area contributed by atoms with Crippen molar-refractivity contribution >= 4 is 23.1 Å². The third-order valence-corrected chi connectivity index (χ3v) is 6.88. The molecule has 3 N–H and O–H groups in total. The van der Waals surface area contributed by atoms with Gasteiger partial charge in [-0.15, -0.1) is 11.3 Å². The molecule has 0 fully saturated rings. The number of nitrogens with two attached hydrogens (primary N) is 1. The second-order valence-electron chi connectivity index (χ2n) is 7.93. The molecule has 0 radical (unpaired) electrons. The van der Waals surface area contributed by atoms with Gasteiger partial charge in [0.2, 0.25) is 5.91 Å². The van der Waals surface area contributed by atoms with Crippen LogP contribution in [0.4, 0.5) is 5.82 Å². The molecule has 8 heteroatoms. The number of aromatic nitrogens is 4. The predicted octanol–water partition coefficient (Wildman–Crippen LogP) is 3.73. The topological polar surface area (TPSA) is 98.7 Å². The van der Waals surface area contributed by atoms with Gasteiger partial charge in [-0.25, -0.2) is 14.6 Å². The van der Waals surface area contributed by atoms with Crippen LogP contribution in [0.1, 0.15) is 28.2 Å². The fourth-order valence-electron chi connectivity index (χ4n) is 4.16. The largest absolute Gasteiger partial charge is 0.384 e. The molecule has 32 heavy (non-hydrogen) atoms. The number of nitrogens with zero attached hydrogens (tertiary/aromatic N) is 4. The highest BCUT2D eigenvalue weighted by Crippen LogP contribution is 2.42. The van der Waals surface area contributed by atoms with Crippen LogP contribution in [-0.4, -0.2) is 32.7 Å². The Morgan fingerprint density at radius 2 is 2.06 bits per heavy atom. The Bertz CT molecular complexity index is 1300. The number of benzene rings is 1. The predicted molar refractivity (Wildman–Crippen MR) is 127 cm³/mol. The van der Waals surface area contributed by atoms with Crippen molar-refractivity contribution in [3.63, 3.8) is 0 Å². The second kappa shape index (κ2) is 8.20. The van der Waals surface area contributed by atoms with Crippen LogP contribution >= 0.6 is 11.3 Å². The first-order chi connectivity index (χ1) is 15.5. The number of carbonyl (C=O) groups is 1. The van der Waals surface area contributed by atoms with Crippen LogP contribution in [0.5, 0.6) is 0 Å². The van der Waals surface area contributed by atoms with Crippen molar-refractivity contribution < 1.29 is 4.79 Å². The Kier molecular flexibility index (Phi) is 5.22. The first-order valence-corrected chi connectivity index (χ1v) is 11.5. The average molecular weight is 445 g/mol. The van der Waals surface area contributed by atoms with E-state index < -0.39 is 0 Å². The Morgan fingerprint density at radius 1 is 1.22 bits per heavy atom. The summed E-state index contributed by atoms with van der Waals surface area (Å²) in [5.74, 6) is 0.456. The highest BCUT2D eigenvalue weighted by Gasteiger charge is 2.28. The number of carbonyl (C=O) groups excluding carboxylic acids is 1. The van der Waals surface area contributed by atoms with Gasteiger partial charge in [-0.2, -0.15) is 5.10 Å². The number of likely N-dealkylation sites (N-methyl/N-ethyl adjacent to an activating group) is 1. The van der Waals surface area contributed by atoms with Gasteiger partial charge in [0.1, 0.15) is 10.8 Å². The van der Waals surface area contributed by atoms with E-state index in [-0.39, 0.29) is 12.3 Å². The summed E-state index contributed by atoms with van der Waals surface area (Å²) in [7, 11) is 1.65. The number of fused-ring (bicyclic) bond motifs is 3. The number of thiazole rings is 1. The summed E-state index contributed by atoms with van der Waals surface area (Å²) in [5, 5.41) is 8.61. The lowest BCUT2D eigenvalue weighted by atomic mass is 10.0. The van der Waals surface area contributed by atoms with E-state index in [9.17, 15) is 4.79 Å². The molecule has 7 nitrogen and oxygen atoms in total. The Balaban J connectivity index is 1.75. The summed E-state index contributed by atoms with van der Waals surface area (Å²) in [5.41, 5.74) is 13.2. The van der Waals surface area contributed by atoms with Gasteiger partial charge in [0, 0.05) is 24.4 Å². The lowest BCUT2D eigenvalue weighted by Gasteiger charge is -2.10. The lowest BCUT2D eigenvalue weighted by Crippen LogP contribution is -2.19. The fourth-order valence-corrected chi connectivity index (χ4v) is 5.33. The third kappa shape index (κ3) is 3.56. The molecule has 0 atom stereocenters. The highest BCUT2D eigenvalue weighted by atomic mass is 32.1. The molecule has 1 aromatic carbocycles. The number of nitrogens with one attached hydrogen (secondary N) is 1. The maximum absolute atomic E-state index is 12.0. The quantitative estimate of drug-likeness (QED) is 0.500. The summed E-state index contributed by atoms with van der Waals surface area (Å²) in [6.07, 6.45) is 4.82. The number of rotatable bonds is 4. The van der Waals surface area contributed by atoms with Crippen LogP contribution < -0.4 is 11.1 Å². The molecule has 162 valence electrons. The van der Waals surface area contributed by atoms with E-state index in [2.05, 4.69) is 29.4 Å². The van der Waals surface area contributed by atoms with Gasteiger partial charge in [-0.1, -0.05) is 18.2 Å². The second-order valence-corrected chi connectivity index (χ2v) is 9.02. The minimum absolute atomic E-state index is 0.0322. The third-order valence-electron chi connectivity index (χ3n) is 5.77. The summed E-state index contributed by atoms with van der Waals surface area (Å²) in [6.45, 7) is 2.09. The number of para-hydroxylation sites is 1. The average Bonchev–Trinajstić information content (AvgIpc) is 3.31. The molecule has 0 aliphatic heterocycles. The van der Waals surface area contributed by atoms with Crippen LogP contribution in [-0.2, 0) is 24.1 Å². The van der Waals surface area contributed by atoms with Crippen molar-refractivity contribution in [1.29, 1.82) is 0 Å². The molecular weight excluding hydrogens is 420 g/mol. The van der Waals surface area contributed by atoms with Gasteiger partial charge in [-0.3, -0.25) is 4.79 Å². The van der Waals surface area contributed by atoms with Crippen molar-refractivity contribution in [1.82, 2.24) is 25.1 Å². The van der Waals surface area contributed by atoms with E-state index >= 15 is 0 Å². The van der Waals surface area contributed by atoms with E-state index in [0.29, 0.717) is 5.82 Å². The van der Waals surface area contributed by atoms with Crippen LogP contribution in [0.2, 0.25) is 0 Å². The Morgan fingerprint density at radius 3 is 2.81 bits per heavy atom. The Labute approximate surface area is 190 Å². The number of nitrogen functional groups attached to an aromatic ring is 1. The van der Waals surface area contributed by atoms with Crippen molar-refractivity contribution in [2.45, 2.75) is 32.6 Å². The number of pyridine rings is 1. The number of aryl methyl sites for hydroxylation is 2. The molecule has 3 aromatic heterocycles. The van der Waals surface area contributed by atoms with Gasteiger partial charge < -0.3 is 11.1 Å². The number of amides is 1. The summed E-state index contributed by atoms with van der Waals surface area (Å²) < 4.78 is 2.04. The SMILES string of the molecule is CNC(=O)Cc1nc2c(s1)-c1c(c(-c3ccc(N)nc3)nn1-c1ccccc1C)CCC2. The molecule has 0 unspecified atom stereocenters. The molecular formula is C24H24N6OS. The van der Waals surface area contributed by atoms with Crippen LogP contribution in [0.15, 0.2) is 42.6 Å². The van der Waals surface area contributed by atoms with Crippen molar-refractivity contribution in [2.24, 2.45) is 0 Å². The fraction of sp³-hybridized carbons (Fsp3) is 0.250. The molecule has 0 saturated carbocycles. The molecule has 3 heterocycles. The zero-order valence-corrected chi connectivity index (χ0v) is 18.9. The summed E-state index contributed by atoms with van der Waals surface area (Å²) >= 11 is 1.59. The van der Waals surface area contributed by atoms with E-state index in [4.69, 9.17) is 15.8 Å². The van der Waals surface area contributed by atoms with Gasteiger partial charge in [-0.05, 0) is 49.9 Å². The molecule has 1 aliphatic rings. The van der Waals surface area contributed by atoms with Crippen LogP contribution in [0.3, 0.4) is 0 Å². The van der Waals surface area contributed by atoms with Crippen molar-refractivity contribution in [3.05, 3.63) is 64.4 Å². The van der Waals surface area contributed by atoms with Crippen LogP contribution in [0.25, 0.3) is 27.5 Å². The highest BCUT2D eigenvalue weighted by molar-refractivity contribution is 7.15. The smallest absolute Gasteiger partial charge is 0.226 e.